The number of hydrogen-bond donors (Lipinski definition) is 1. The van der Waals surface area contributed by atoms with Crippen LogP contribution in [0.5, 0.6) is 0 Å². The number of aromatic nitrogens is 2. The van der Waals surface area contributed by atoms with Crippen molar-refractivity contribution in [2.24, 2.45) is 7.05 Å². The van der Waals surface area contributed by atoms with Gasteiger partial charge in [0.25, 0.3) is 0 Å². The van der Waals surface area contributed by atoms with Crippen molar-refractivity contribution in [1.29, 1.82) is 0 Å². The highest BCUT2D eigenvalue weighted by molar-refractivity contribution is 5.85. The van der Waals surface area contributed by atoms with Gasteiger partial charge in [0.15, 0.2) is 0 Å². The van der Waals surface area contributed by atoms with E-state index < -0.39 is 0 Å². The van der Waals surface area contributed by atoms with Crippen molar-refractivity contribution < 1.29 is 9.53 Å². The average Bonchev–Trinajstić information content (AvgIpc) is 3.06. The minimum atomic E-state index is -0.325. The lowest BCUT2D eigenvalue weighted by atomic mass is 10.0. The molecule has 1 aliphatic heterocycles. The second kappa shape index (κ2) is 13.3. The van der Waals surface area contributed by atoms with Crippen molar-refractivity contribution in [3.05, 3.63) is 18.0 Å². The van der Waals surface area contributed by atoms with E-state index in [4.69, 9.17) is 4.74 Å². The van der Waals surface area contributed by atoms with Crippen LogP contribution < -0.4 is 5.32 Å². The minimum Gasteiger partial charge on any atom is -0.377 e. The first-order valence-electron chi connectivity index (χ1n) is 9.37. The van der Waals surface area contributed by atoms with E-state index in [2.05, 4.69) is 29.2 Å². The van der Waals surface area contributed by atoms with Crippen LogP contribution in [0.15, 0.2) is 12.4 Å². The Morgan fingerprint density at radius 3 is 2.44 bits per heavy atom. The van der Waals surface area contributed by atoms with Crippen LogP contribution in [0.1, 0.15) is 38.3 Å². The summed E-state index contributed by atoms with van der Waals surface area (Å²) in [5, 5.41) is 7.29. The Kier molecular flexibility index (Phi) is 12.9. The fraction of sp³-hybridized carbons (Fsp3) is 0.778. The molecule has 0 bridgehead atoms. The molecule has 2 heterocycles. The predicted octanol–water partition coefficient (Wildman–Crippen LogP) is 1.87. The maximum Gasteiger partial charge on any atom is 0.244 e. The minimum absolute atomic E-state index is 0. The molecular weight excluding hydrogens is 389 g/mol. The lowest BCUT2D eigenvalue weighted by Crippen LogP contribution is -2.45. The quantitative estimate of drug-likeness (QED) is 0.656. The largest absolute Gasteiger partial charge is 0.377 e. The van der Waals surface area contributed by atoms with Gasteiger partial charge in [-0.3, -0.25) is 9.48 Å². The standard InChI is InChI=1S/C18H33N5O2.2ClH/c1-5-22(6-2)11-12-25-16-7-9-23(10-8-16)18(24)17(19-3)15-13-20-21(4)14-15;;/h13-14,16-17,19H,5-12H2,1-4H3;2*1H. The third kappa shape index (κ3) is 7.58. The topological polar surface area (TPSA) is 62.6 Å². The van der Waals surface area contributed by atoms with Gasteiger partial charge in [-0.25, -0.2) is 0 Å². The number of hydrogen-bond acceptors (Lipinski definition) is 5. The number of nitrogens with one attached hydrogen (secondary N) is 1. The van der Waals surface area contributed by atoms with E-state index in [1.54, 1.807) is 10.9 Å². The zero-order chi connectivity index (χ0) is 18.2. The van der Waals surface area contributed by atoms with Gasteiger partial charge in [0.05, 0.1) is 18.9 Å². The van der Waals surface area contributed by atoms with Gasteiger partial charge in [-0.1, -0.05) is 13.8 Å². The molecule has 1 aromatic heterocycles. The molecule has 1 amide bonds. The van der Waals surface area contributed by atoms with Gasteiger partial charge in [0.1, 0.15) is 6.04 Å². The summed E-state index contributed by atoms with van der Waals surface area (Å²) in [6, 6.07) is -0.325. The number of carbonyl (C=O) groups is 1. The Bertz CT molecular complexity index is 532. The predicted molar refractivity (Wildman–Crippen MR) is 113 cm³/mol. The van der Waals surface area contributed by atoms with Crippen LogP contribution in [0, 0.1) is 0 Å². The van der Waals surface area contributed by atoms with Crippen LogP contribution in [0.3, 0.4) is 0 Å². The van der Waals surface area contributed by atoms with E-state index in [-0.39, 0.29) is 42.9 Å². The summed E-state index contributed by atoms with van der Waals surface area (Å²) < 4.78 is 7.74. The first-order valence-corrected chi connectivity index (χ1v) is 9.37. The van der Waals surface area contributed by atoms with Crippen LogP contribution in [-0.4, -0.2) is 78.0 Å². The fourth-order valence-electron chi connectivity index (χ4n) is 3.34. The molecule has 1 unspecified atom stereocenters. The Balaban J connectivity index is 0.00000338. The Morgan fingerprint density at radius 2 is 1.96 bits per heavy atom. The first kappa shape index (κ1) is 26.1. The lowest BCUT2D eigenvalue weighted by Gasteiger charge is -2.34. The van der Waals surface area contributed by atoms with Gasteiger partial charge in [0.2, 0.25) is 5.91 Å². The van der Waals surface area contributed by atoms with E-state index in [0.29, 0.717) is 0 Å². The number of likely N-dealkylation sites (tertiary alicyclic amines) is 1. The molecule has 1 fully saturated rings. The molecular formula is C18H35Cl2N5O2. The molecule has 158 valence electrons. The van der Waals surface area contributed by atoms with E-state index in [9.17, 15) is 4.79 Å². The van der Waals surface area contributed by atoms with E-state index in [1.807, 2.05) is 25.2 Å². The number of nitrogens with zero attached hydrogens (tertiary/aromatic N) is 4. The number of carbonyl (C=O) groups excluding carboxylic acids is 1. The molecule has 1 atom stereocenters. The molecule has 1 N–H and O–H groups in total. The normalized spacial score (nSPS) is 16.0. The molecule has 1 aliphatic rings. The lowest BCUT2D eigenvalue weighted by molar-refractivity contribution is -0.136. The molecule has 2 rings (SSSR count). The third-order valence-corrected chi connectivity index (χ3v) is 5.00. The number of ether oxygens (including phenoxy) is 1. The van der Waals surface area contributed by atoms with E-state index in [1.165, 1.54) is 0 Å². The second-order valence-electron chi connectivity index (χ2n) is 6.59. The summed E-state index contributed by atoms with van der Waals surface area (Å²) in [6.45, 7) is 9.74. The maximum atomic E-state index is 12.8. The van der Waals surface area contributed by atoms with Crippen molar-refractivity contribution in [3.63, 3.8) is 0 Å². The maximum absolute atomic E-state index is 12.8. The molecule has 0 aliphatic carbocycles. The number of rotatable bonds is 9. The smallest absolute Gasteiger partial charge is 0.244 e. The molecule has 9 heteroatoms. The van der Waals surface area contributed by atoms with Gasteiger partial charge in [-0.15, -0.1) is 24.8 Å². The number of amides is 1. The Hall–Kier alpha value is -0.860. The monoisotopic (exact) mass is 423 g/mol. The van der Waals surface area contributed by atoms with Gasteiger partial charge in [0, 0.05) is 38.4 Å². The highest BCUT2D eigenvalue weighted by Gasteiger charge is 2.29. The van der Waals surface area contributed by atoms with Crippen LogP contribution in [-0.2, 0) is 16.6 Å². The van der Waals surface area contributed by atoms with Crippen molar-refractivity contribution in [2.45, 2.75) is 38.8 Å². The van der Waals surface area contributed by atoms with E-state index >= 15 is 0 Å². The SMILES string of the molecule is CCN(CC)CCOC1CCN(C(=O)C(NC)c2cnn(C)c2)CC1.Cl.Cl. The van der Waals surface area contributed by atoms with Crippen LogP contribution >= 0.6 is 24.8 Å². The van der Waals surface area contributed by atoms with Crippen LogP contribution in [0.2, 0.25) is 0 Å². The molecule has 7 nitrogen and oxygen atoms in total. The summed E-state index contributed by atoms with van der Waals surface area (Å²) in [6.07, 6.45) is 5.73. The van der Waals surface area contributed by atoms with Crippen LogP contribution in [0.4, 0.5) is 0 Å². The number of halogens is 2. The molecule has 1 saturated heterocycles. The zero-order valence-electron chi connectivity index (χ0n) is 16.9. The molecule has 27 heavy (non-hydrogen) atoms. The summed E-state index contributed by atoms with van der Waals surface area (Å²) in [4.78, 5) is 17.1. The number of piperidine rings is 1. The molecule has 0 spiro atoms. The molecule has 0 saturated carbocycles. The molecule has 0 radical (unpaired) electrons. The Morgan fingerprint density at radius 1 is 1.33 bits per heavy atom. The van der Waals surface area contributed by atoms with Crippen molar-refractivity contribution in [1.82, 2.24) is 24.9 Å². The van der Waals surface area contributed by atoms with Gasteiger partial charge < -0.3 is 19.9 Å². The second-order valence-corrected chi connectivity index (χ2v) is 6.59. The van der Waals surface area contributed by atoms with Gasteiger partial charge >= 0.3 is 0 Å². The van der Waals surface area contributed by atoms with Crippen molar-refractivity contribution >= 4 is 30.7 Å². The number of aryl methyl sites for hydroxylation is 1. The highest BCUT2D eigenvalue weighted by Crippen LogP contribution is 2.20. The third-order valence-electron chi connectivity index (χ3n) is 5.00. The highest BCUT2D eigenvalue weighted by atomic mass is 35.5. The summed E-state index contributed by atoms with van der Waals surface area (Å²) in [5.41, 5.74) is 0.910. The zero-order valence-corrected chi connectivity index (χ0v) is 18.5. The fourth-order valence-corrected chi connectivity index (χ4v) is 3.34. The average molecular weight is 424 g/mol. The van der Waals surface area contributed by atoms with Crippen molar-refractivity contribution in [2.75, 3.05) is 46.4 Å². The molecule has 1 aromatic rings. The van der Waals surface area contributed by atoms with E-state index in [0.717, 1.165) is 57.7 Å². The summed E-state index contributed by atoms with van der Waals surface area (Å²) >= 11 is 0. The summed E-state index contributed by atoms with van der Waals surface area (Å²) in [7, 11) is 3.68. The van der Waals surface area contributed by atoms with Crippen molar-refractivity contribution in [3.8, 4) is 0 Å². The van der Waals surface area contributed by atoms with Gasteiger partial charge in [-0.05, 0) is 33.0 Å². The Labute approximate surface area is 175 Å². The van der Waals surface area contributed by atoms with Crippen LogP contribution in [0.25, 0.3) is 0 Å². The summed E-state index contributed by atoms with van der Waals surface area (Å²) in [5.74, 6) is 0.122. The van der Waals surface area contributed by atoms with Gasteiger partial charge in [-0.2, -0.15) is 5.10 Å². The number of likely N-dealkylation sites (N-methyl/N-ethyl adjacent to an activating group) is 2. The first-order chi connectivity index (χ1) is 12.1. The molecule has 0 aromatic carbocycles.